The first-order valence-electron chi connectivity index (χ1n) is 6.13. The number of anilines is 1. The van der Waals surface area contributed by atoms with Gasteiger partial charge in [0, 0.05) is 40.7 Å². The van der Waals surface area contributed by atoms with Crippen molar-refractivity contribution in [2.24, 2.45) is 0 Å². The molecule has 1 unspecified atom stereocenters. The van der Waals surface area contributed by atoms with Crippen molar-refractivity contribution in [1.82, 2.24) is 0 Å². The summed E-state index contributed by atoms with van der Waals surface area (Å²) in [6.45, 7) is 0. The highest BCUT2D eigenvalue weighted by Gasteiger charge is 2.09. The van der Waals surface area contributed by atoms with E-state index < -0.39 is 20.6 Å². The Morgan fingerprint density at radius 1 is 1.38 bits per heavy atom. The van der Waals surface area contributed by atoms with Crippen molar-refractivity contribution in [3.05, 3.63) is 29.8 Å². The van der Waals surface area contributed by atoms with Gasteiger partial charge in [-0.05, 0) is 18.2 Å². The molecular weight excluding hydrogens is 312 g/mol. The van der Waals surface area contributed by atoms with Gasteiger partial charge >= 0.3 is 0 Å². The van der Waals surface area contributed by atoms with Crippen LogP contribution in [0.15, 0.2) is 24.3 Å². The van der Waals surface area contributed by atoms with E-state index in [-0.39, 0.29) is 29.6 Å². The van der Waals surface area contributed by atoms with Gasteiger partial charge in [0.25, 0.3) is 0 Å². The van der Waals surface area contributed by atoms with Crippen LogP contribution < -0.4 is 5.32 Å². The Hall–Kier alpha value is -1.72. The Morgan fingerprint density at radius 2 is 2.10 bits per heavy atom. The minimum absolute atomic E-state index is 0.0349. The molecule has 0 fully saturated rings. The summed E-state index contributed by atoms with van der Waals surface area (Å²) in [6.07, 6.45) is 1.12. The first kappa shape index (κ1) is 17.3. The van der Waals surface area contributed by atoms with Crippen LogP contribution in [0, 0.1) is 11.3 Å². The van der Waals surface area contributed by atoms with E-state index in [0.717, 1.165) is 6.26 Å². The lowest BCUT2D eigenvalue weighted by Crippen LogP contribution is -2.18. The maximum Gasteiger partial charge on any atom is 0.225 e. The number of carbonyl (C=O) groups excluding carboxylic acids is 1. The van der Waals surface area contributed by atoms with E-state index in [2.05, 4.69) is 5.32 Å². The smallest absolute Gasteiger partial charge is 0.225 e. The van der Waals surface area contributed by atoms with Crippen LogP contribution in [-0.2, 0) is 25.4 Å². The number of hydrogen-bond acceptors (Lipinski definition) is 5. The molecule has 1 aromatic carbocycles. The zero-order valence-corrected chi connectivity index (χ0v) is 13.2. The van der Waals surface area contributed by atoms with Crippen LogP contribution in [0.1, 0.15) is 12.0 Å². The van der Waals surface area contributed by atoms with Gasteiger partial charge in [-0.25, -0.2) is 8.42 Å². The van der Waals surface area contributed by atoms with Gasteiger partial charge in [0.15, 0.2) is 0 Å². The van der Waals surface area contributed by atoms with Crippen molar-refractivity contribution in [2.75, 3.05) is 28.8 Å². The van der Waals surface area contributed by atoms with Gasteiger partial charge in [0.2, 0.25) is 5.91 Å². The molecule has 1 atom stereocenters. The molecule has 1 N–H and O–H groups in total. The van der Waals surface area contributed by atoms with Gasteiger partial charge in [-0.1, -0.05) is 6.07 Å². The molecule has 1 rings (SSSR count). The van der Waals surface area contributed by atoms with Crippen LogP contribution in [-0.4, -0.2) is 42.0 Å². The maximum absolute atomic E-state index is 11.7. The van der Waals surface area contributed by atoms with Crippen LogP contribution in [0.5, 0.6) is 0 Å². The summed E-state index contributed by atoms with van der Waals surface area (Å²) in [5, 5.41) is 11.3. The Labute approximate surface area is 126 Å². The van der Waals surface area contributed by atoms with Gasteiger partial charge in [-0.15, -0.1) is 0 Å². The van der Waals surface area contributed by atoms with E-state index in [1.807, 2.05) is 6.07 Å². The molecule has 6 nitrogen and oxygen atoms in total. The van der Waals surface area contributed by atoms with Crippen LogP contribution in [0.3, 0.4) is 0 Å². The van der Waals surface area contributed by atoms with Crippen LogP contribution >= 0.6 is 0 Å². The highest BCUT2D eigenvalue weighted by atomic mass is 32.2. The van der Waals surface area contributed by atoms with Crippen molar-refractivity contribution >= 4 is 32.2 Å². The first-order valence-corrected chi connectivity index (χ1v) is 9.68. The molecule has 0 aromatic heterocycles. The third kappa shape index (κ3) is 7.58. The van der Waals surface area contributed by atoms with Crippen LogP contribution in [0.2, 0.25) is 0 Å². The van der Waals surface area contributed by atoms with Crippen molar-refractivity contribution < 1.29 is 17.4 Å². The zero-order valence-electron chi connectivity index (χ0n) is 11.5. The third-order valence-corrected chi connectivity index (χ3v) is 5.04. The maximum atomic E-state index is 11.7. The largest absolute Gasteiger partial charge is 0.326 e. The Morgan fingerprint density at radius 3 is 2.71 bits per heavy atom. The van der Waals surface area contributed by atoms with E-state index in [1.165, 1.54) is 0 Å². The lowest BCUT2D eigenvalue weighted by molar-refractivity contribution is -0.115. The fourth-order valence-corrected chi connectivity index (χ4v) is 4.01. The normalized spacial score (nSPS) is 12.4. The summed E-state index contributed by atoms with van der Waals surface area (Å²) in [4.78, 5) is 11.7. The molecule has 1 amide bonds. The highest BCUT2D eigenvalue weighted by molar-refractivity contribution is 7.92. The number of rotatable bonds is 7. The van der Waals surface area contributed by atoms with Crippen molar-refractivity contribution in [1.29, 1.82) is 5.26 Å². The van der Waals surface area contributed by atoms with E-state index in [4.69, 9.17) is 5.26 Å². The summed E-state index contributed by atoms with van der Waals surface area (Å²) in [5.41, 5.74) is 0.936. The van der Waals surface area contributed by atoms with Crippen LogP contribution in [0.4, 0.5) is 5.69 Å². The topological polar surface area (TPSA) is 104 Å². The second-order valence-corrected chi connectivity index (χ2v) is 8.42. The fourth-order valence-electron chi connectivity index (χ4n) is 1.44. The summed E-state index contributed by atoms with van der Waals surface area (Å²) in [7, 11) is -4.48. The Balaban J connectivity index is 2.40. The van der Waals surface area contributed by atoms with Gasteiger partial charge in [-0.2, -0.15) is 5.26 Å². The summed E-state index contributed by atoms with van der Waals surface area (Å²) < 4.78 is 33.4. The average molecular weight is 328 g/mol. The minimum Gasteiger partial charge on any atom is -0.326 e. The predicted octanol–water partition coefficient (Wildman–Crippen LogP) is 0.680. The van der Waals surface area contributed by atoms with E-state index in [9.17, 15) is 17.4 Å². The fraction of sp³-hybridized carbons (Fsp3) is 0.385. The molecule has 21 heavy (non-hydrogen) atoms. The van der Waals surface area contributed by atoms with Gasteiger partial charge in [0.1, 0.15) is 9.84 Å². The third-order valence-electron chi connectivity index (χ3n) is 2.51. The molecular formula is C13H16N2O4S2. The number of nitrogens with one attached hydrogen (secondary N) is 1. The molecule has 0 saturated heterocycles. The molecule has 1 aromatic rings. The molecule has 8 heteroatoms. The molecule has 0 heterocycles. The van der Waals surface area contributed by atoms with E-state index in [0.29, 0.717) is 11.3 Å². The summed E-state index contributed by atoms with van der Waals surface area (Å²) in [5.74, 6) is -0.321. The monoisotopic (exact) mass is 328 g/mol. The second-order valence-electron chi connectivity index (χ2n) is 4.47. The van der Waals surface area contributed by atoms with E-state index >= 15 is 0 Å². The van der Waals surface area contributed by atoms with Crippen molar-refractivity contribution in [2.45, 2.75) is 6.42 Å². The number of carbonyl (C=O) groups is 1. The average Bonchev–Trinajstić information content (AvgIpc) is 2.42. The van der Waals surface area contributed by atoms with Crippen molar-refractivity contribution in [3.63, 3.8) is 0 Å². The summed E-state index contributed by atoms with van der Waals surface area (Å²) in [6, 6.07) is 8.43. The lowest BCUT2D eigenvalue weighted by atomic mass is 10.2. The standard InChI is InChI=1S/C13H16N2O4S2/c1-21(18,19)8-7-20(17)6-5-13(16)15-12-4-2-3-11(9-12)10-14/h2-4,9H,5-8H2,1H3,(H,15,16). The number of amides is 1. The minimum atomic E-state index is -3.14. The molecule has 0 radical (unpaired) electrons. The van der Waals surface area contributed by atoms with Gasteiger partial charge < -0.3 is 5.32 Å². The second kappa shape index (κ2) is 7.90. The lowest BCUT2D eigenvalue weighted by Gasteiger charge is -2.05. The highest BCUT2D eigenvalue weighted by Crippen LogP contribution is 2.10. The number of hydrogen-bond donors (Lipinski definition) is 1. The Kier molecular flexibility index (Phi) is 6.52. The quantitative estimate of drug-likeness (QED) is 0.792. The molecule has 0 aliphatic carbocycles. The molecule has 0 bridgehead atoms. The Bertz CT molecular complexity index is 678. The molecule has 0 spiro atoms. The summed E-state index contributed by atoms with van der Waals surface area (Å²) >= 11 is 0. The number of sulfone groups is 1. The van der Waals surface area contributed by atoms with Gasteiger partial charge in [0.05, 0.1) is 17.4 Å². The molecule has 0 aliphatic heterocycles. The van der Waals surface area contributed by atoms with Crippen molar-refractivity contribution in [3.8, 4) is 6.07 Å². The van der Waals surface area contributed by atoms with E-state index in [1.54, 1.807) is 24.3 Å². The van der Waals surface area contributed by atoms with Crippen LogP contribution in [0.25, 0.3) is 0 Å². The SMILES string of the molecule is CS(=O)(=O)CCS(=O)CCC(=O)Nc1cccc(C#N)c1. The number of nitriles is 1. The van der Waals surface area contributed by atoms with Gasteiger partial charge in [-0.3, -0.25) is 9.00 Å². The molecule has 0 aliphatic rings. The molecule has 0 saturated carbocycles. The zero-order chi connectivity index (χ0) is 15.9. The number of nitrogens with zero attached hydrogens (tertiary/aromatic N) is 1. The molecule has 114 valence electrons. The first-order chi connectivity index (χ1) is 9.80. The number of benzene rings is 1. The predicted molar refractivity (Wildman–Crippen MR) is 82.0 cm³/mol.